The molecule has 234 valence electrons. The Morgan fingerprint density at radius 3 is 2.68 bits per heavy atom. The van der Waals surface area contributed by atoms with Crippen LogP contribution in [0.2, 0.25) is 5.02 Å². The summed E-state index contributed by atoms with van der Waals surface area (Å²) in [5.41, 5.74) is 11.0. The van der Waals surface area contributed by atoms with E-state index in [1.165, 1.54) is 4.90 Å². The summed E-state index contributed by atoms with van der Waals surface area (Å²) in [5.74, 6) is 1.11. The number of esters is 1. The summed E-state index contributed by atoms with van der Waals surface area (Å²) in [4.78, 5) is 29.3. The SMILES string of the molecule is Cc1cccc(N2CCSN(CCCCOc3ccc4c(c3)N(COC(=O)C(N)Cc3ccccc3)C(=O)CC4)CC2)c1Cl. The molecule has 3 aromatic rings. The molecule has 2 aliphatic rings. The number of aryl methyl sites for hydroxylation is 2. The summed E-state index contributed by atoms with van der Waals surface area (Å²) in [5, 5.41) is 0.849. The molecule has 3 aromatic carbocycles. The van der Waals surface area contributed by atoms with E-state index in [4.69, 9.17) is 26.8 Å². The van der Waals surface area contributed by atoms with Crippen LogP contribution in [0.3, 0.4) is 0 Å². The standard InChI is InChI=1S/C34H41ClN4O4S/c1-25-8-7-11-30(33(25)35)37-17-18-38(44-21-19-37)16-5-6-20-42-28-14-12-27-13-15-32(40)39(31(27)23-28)24-43-34(41)29(36)22-26-9-3-2-4-10-26/h2-4,7-12,14,23,29H,5-6,13,15-22,24,36H2,1H3. The molecule has 0 bridgehead atoms. The second-order valence-corrected chi connectivity index (χ2v) is 12.8. The van der Waals surface area contributed by atoms with Gasteiger partial charge in [-0.1, -0.05) is 72.1 Å². The van der Waals surface area contributed by atoms with Gasteiger partial charge in [0.1, 0.15) is 11.8 Å². The van der Waals surface area contributed by atoms with Crippen molar-refractivity contribution in [1.29, 1.82) is 0 Å². The van der Waals surface area contributed by atoms with Crippen LogP contribution in [0.4, 0.5) is 11.4 Å². The zero-order chi connectivity index (χ0) is 30.9. The maximum absolute atomic E-state index is 12.8. The van der Waals surface area contributed by atoms with Crippen molar-refractivity contribution in [3.63, 3.8) is 0 Å². The number of halogens is 1. The van der Waals surface area contributed by atoms with Gasteiger partial charge in [0, 0.05) is 44.4 Å². The molecule has 0 spiro atoms. The van der Waals surface area contributed by atoms with Crippen LogP contribution >= 0.6 is 23.5 Å². The minimum absolute atomic E-state index is 0.0859. The van der Waals surface area contributed by atoms with Gasteiger partial charge < -0.3 is 20.1 Å². The Balaban J connectivity index is 1.07. The van der Waals surface area contributed by atoms with Crippen molar-refractivity contribution in [2.45, 2.75) is 45.1 Å². The van der Waals surface area contributed by atoms with Gasteiger partial charge in [-0.25, -0.2) is 4.31 Å². The Bertz CT molecular complexity index is 1430. The molecule has 0 radical (unpaired) electrons. The zero-order valence-electron chi connectivity index (χ0n) is 25.3. The van der Waals surface area contributed by atoms with Crippen molar-refractivity contribution in [3.8, 4) is 5.75 Å². The van der Waals surface area contributed by atoms with Gasteiger partial charge in [-0.3, -0.25) is 14.5 Å². The van der Waals surface area contributed by atoms with Crippen molar-refractivity contribution in [2.75, 3.05) is 55.1 Å². The smallest absolute Gasteiger partial charge is 0.324 e. The molecule has 8 nitrogen and oxygen atoms in total. The predicted molar refractivity (Wildman–Crippen MR) is 178 cm³/mol. The highest BCUT2D eigenvalue weighted by Crippen LogP contribution is 2.32. The van der Waals surface area contributed by atoms with Gasteiger partial charge in [0.15, 0.2) is 6.73 Å². The number of amides is 1. The van der Waals surface area contributed by atoms with E-state index in [0.717, 1.165) is 77.9 Å². The first kappa shape index (κ1) is 32.2. The van der Waals surface area contributed by atoms with E-state index < -0.39 is 12.0 Å². The Kier molecular flexibility index (Phi) is 11.4. The average molecular weight is 637 g/mol. The van der Waals surface area contributed by atoms with Gasteiger partial charge in [0.2, 0.25) is 5.91 Å². The molecular formula is C34H41ClN4O4S. The van der Waals surface area contributed by atoms with Crippen LogP contribution in [0.5, 0.6) is 5.75 Å². The number of hydrogen-bond acceptors (Lipinski definition) is 8. The lowest BCUT2D eigenvalue weighted by atomic mass is 10.0. The lowest BCUT2D eigenvalue weighted by molar-refractivity contribution is -0.145. The molecule has 10 heteroatoms. The maximum atomic E-state index is 12.8. The number of rotatable bonds is 12. The molecule has 0 aromatic heterocycles. The Morgan fingerprint density at radius 2 is 1.84 bits per heavy atom. The van der Waals surface area contributed by atoms with Crippen LogP contribution in [0.25, 0.3) is 0 Å². The fourth-order valence-corrected chi connectivity index (χ4v) is 6.77. The molecule has 1 fully saturated rings. The van der Waals surface area contributed by atoms with Crippen LogP contribution < -0.4 is 20.3 Å². The number of fused-ring (bicyclic) bond motifs is 1. The van der Waals surface area contributed by atoms with E-state index in [-0.39, 0.29) is 12.6 Å². The van der Waals surface area contributed by atoms with E-state index in [1.807, 2.05) is 60.5 Å². The van der Waals surface area contributed by atoms with Gasteiger partial charge >= 0.3 is 5.97 Å². The predicted octanol–water partition coefficient (Wildman–Crippen LogP) is 5.63. The highest BCUT2D eigenvalue weighted by atomic mass is 35.5. The molecule has 0 aliphatic carbocycles. The number of hydrogen-bond donors (Lipinski definition) is 1. The molecule has 0 saturated carbocycles. The third-order valence-electron chi connectivity index (χ3n) is 8.03. The fraction of sp³-hybridized carbons (Fsp3) is 0.412. The highest BCUT2D eigenvalue weighted by Gasteiger charge is 2.27. The summed E-state index contributed by atoms with van der Waals surface area (Å²) in [6.07, 6.45) is 3.33. The van der Waals surface area contributed by atoms with Crippen molar-refractivity contribution in [3.05, 3.63) is 88.4 Å². The fourth-order valence-electron chi connectivity index (χ4n) is 5.50. The first-order chi connectivity index (χ1) is 21.4. The Morgan fingerprint density at radius 1 is 1.00 bits per heavy atom. The quantitative estimate of drug-likeness (QED) is 0.156. The van der Waals surface area contributed by atoms with Crippen LogP contribution in [0.1, 0.15) is 36.0 Å². The van der Waals surface area contributed by atoms with Crippen LogP contribution in [-0.2, 0) is 27.2 Å². The van der Waals surface area contributed by atoms with Crippen molar-refractivity contribution in [1.82, 2.24) is 4.31 Å². The summed E-state index contributed by atoms with van der Waals surface area (Å²) in [7, 11) is 0. The van der Waals surface area contributed by atoms with E-state index in [9.17, 15) is 9.59 Å². The topological polar surface area (TPSA) is 88.3 Å². The summed E-state index contributed by atoms with van der Waals surface area (Å²) in [6.45, 7) is 6.36. The molecule has 5 rings (SSSR count). The lowest BCUT2D eigenvalue weighted by Crippen LogP contribution is -2.41. The number of anilines is 2. The van der Waals surface area contributed by atoms with Crippen LogP contribution in [-0.4, -0.2) is 67.5 Å². The molecule has 44 heavy (non-hydrogen) atoms. The third kappa shape index (κ3) is 8.47. The normalized spacial score (nSPS) is 16.3. The van der Waals surface area contributed by atoms with Crippen LogP contribution in [0, 0.1) is 6.92 Å². The number of nitrogens with two attached hydrogens (primary N) is 1. The number of benzene rings is 3. The first-order valence-corrected chi connectivity index (χ1v) is 16.6. The molecule has 1 amide bonds. The van der Waals surface area contributed by atoms with Crippen molar-refractivity contribution in [2.24, 2.45) is 5.73 Å². The van der Waals surface area contributed by atoms with Gasteiger partial charge in [-0.05, 0) is 61.4 Å². The summed E-state index contributed by atoms with van der Waals surface area (Å²) < 4.78 is 14.0. The number of nitrogens with zero attached hydrogens (tertiary/aromatic N) is 3. The second kappa shape index (κ2) is 15.7. The second-order valence-electron chi connectivity index (χ2n) is 11.2. The molecular weight excluding hydrogens is 596 g/mol. The molecule has 1 unspecified atom stereocenters. The molecule has 2 heterocycles. The molecule has 1 saturated heterocycles. The lowest BCUT2D eigenvalue weighted by Gasteiger charge is -2.29. The zero-order valence-corrected chi connectivity index (χ0v) is 26.8. The van der Waals surface area contributed by atoms with Crippen molar-refractivity contribution < 1.29 is 19.1 Å². The van der Waals surface area contributed by atoms with Crippen molar-refractivity contribution >= 4 is 46.8 Å². The number of carbonyl (C=O) groups is 2. The van der Waals surface area contributed by atoms with Gasteiger partial charge in [-0.15, -0.1) is 0 Å². The number of unbranched alkanes of at least 4 members (excludes halogenated alkanes) is 1. The summed E-state index contributed by atoms with van der Waals surface area (Å²) >= 11 is 8.48. The first-order valence-electron chi connectivity index (χ1n) is 15.3. The number of carbonyl (C=O) groups excluding carboxylic acids is 2. The van der Waals surface area contributed by atoms with Gasteiger partial charge in [0.25, 0.3) is 0 Å². The largest absolute Gasteiger partial charge is 0.494 e. The van der Waals surface area contributed by atoms with Gasteiger partial charge in [0.05, 0.1) is 23.0 Å². The van der Waals surface area contributed by atoms with E-state index in [0.29, 0.717) is 31.6 Å². The maximum Gasteiger partial charge on any atom is 0.324 e. The molecule has 1 atom stereocenters. The average Bonchev–Trinajstić information content (AvgIpc) is 3.27. The summed E-state index contributed by atoms with van der Waals surface area (Å²) in [6, 6.07) is 20.8. The Hall–Kier alpha value is -3.24. The third-order valence-corrected chi connectivity index (χ3v) is 9.62. The van der Waals surface area contributed by atoms with E-state index >= 15 is 0 Å². The van der Waals surface area contributed by atoms with E-state index in [1.54, 1.807) is 0 Å². The van der Waals surface area contributed by atoms with Crippen LogP contribution in [0.15, 0.2) is 66.7 Å². The number of ether oxygens (including phenoxy) is 2. The Labute approximate surface area is 269 Å². The highest BCUT2D eigenvalue weighted by molar-refractivity contribution is 7.97. The van der Waals surface area contributed by atoms with E-state index in [2.05, 4.69) is 34.3 Å². The molecule has 2 aliphatic heterocycles. The van der Waals surface area contributed by atoms with Gasteiger partial charge in [-0.2, -0.15) is 0 Å². The minimum atomic E-state index is -0.801. The molecule has 2 N–H and O–H groups in total. The minimum Gasteiger partial charge on any atom is -0.494 e. The monoisotopic (exact) mass is 636 g/mol.